The van der Waals surface area contributed by atoms with E-state index in [1.54, 1.807) is 34.1 Å². The Hall–Kier alpha value is -6.06. The molecule has 0 bridgehead atoms. The van der Waals surface area contributed by atoms with Crippen LogP contribution >= 0.6 is 0 Å². The zero-order chi connectivity index (χ0) is 40.3. The van der Waals surface area contributed by atoms with Gasteiger partial charge < -0.3 is 39.7 Å². The third kappa shape index (κ3) is 8.75. The Morgan fingerprint density at radius 2 is 1.59 bits per heavy atom. The van der Waals surface area contributed by atoms with Crippen LogP contribution in [0.1, 0.15) is 50.9 Å². The van der Waals surface area contributed by atoms with E-state index in [0.717, 1.165) is 25.7 Å². The van der Waals surface area contributed by atoms with E-state index >= 15 is 0 Å². The molecular weight excluding hydrogens is 748 g/mol. The predicted octanol–water partition coefficient (Wildman–Crippen LogP) is 5.72. The third-order valence-corrected chi connectivity index (χ3v) is 11.2. The van der Waals surface area contributed by atoms with Crippen molar-refractivity contribution in [2.24, 2.45) is 11.8 Å². The smallest absolute Gasteiger partial charge is 0.407 e. The maximum atomic E-state index is 14.6. The van der Waals surface area contributed by atoms with E-state index in [2.05, 4.69) is 10.6 Å². The van der Waals surface area contributed by atoms with Gasteiger partial charge in [-0.25, -0.2) is 28.4 Å². The van der Waals surface area contributed by atoms with E-state index in [-0.39, 0.29) is 17.6 Å². The number of para-hydroxylation sites is 1. The van der Waals surface area contributed by atoms with Crippen LogP contribution in [0.25, 0.3) is 10.9 Å². The second-order valence-electron chi connectivity index (χ2n) is 15.5. The van der Waals surface area contributed by atoms with Crippen LogP contribution in [0.4, 0.5) is 30.1 Å². The number of urea groups is 2. The van der Waals surface area contributed by atoms with E-state index in [0.29, 0.717) is 110 Å². The van der Waals surface area contributed by atoms with Crippen LogP contribution in [0.3, 0.4) is 0 Å². The molecule has 2 N–H and O–H groups in total. The number of benzene rings is 3. The standard InChI is InChI=1S/C42H49FN8O7/c1-27(50(40(53)44-31-13-11-30(43)12-14-31)36-16-15-33(57-25-28-7-8-28)23-37(36)58-26-29-9-10-29)38-46-35-6-4-3-5-34(35)39(52)51(38)49-21-19-47(20-22-49)42(55)48-18-17-32(24-48)45-41(54)56-2/h3-6,11-16,23,27-29,32H,7-10,17-22,24-26H2,1-2H3,(H,44,53)(H,45,54). The number of carbonyl (C=O) groups excluding carboxylic acids is 3. The second kappa shape index (κ2) is 16.8. The number of ether oxygens (including phenoxy) is 3. The van der Waals surface area contributed by atoms with E-state index < -0.39 is 24.0 Å². The summed E-state index contributed by atoms with van der Waals surface area (Å²) in [6.45, 7) is 5.04. The molecule has 0 spiro atoms. The van der Waals surface area contributed by atoms with Gasteiger partial charge in [0.1, 0.15) is 17.3 Å². The molecule has 0 radical (unpaired) electrons. The van der Waals surface area contributed by atoms with Crippen molar-refractivity contribution in [2.75, 3.05) is 74.8 Å². The van der Waals surface area contributed by atoms with Crippen molar-refractivity contribution in [3.05, 3.63) is 88.7 Å². The van der Waals surface area contributed by atoms with Gasteiger partial charge in [0.25, 0.3) is 5.56 Å². The number of nitrogens with zero attached hydrogens (tertiary/aromatic N) is 6. The van der Waals surface area contributed by atoms with Crippen LogP contribution in [0.2, 0.25) is 0 Å². The molecule has 2 saturated heterocycles. The summed E-state index contributed by atoms with van der Waals surface area (Å²) in [4.78, 5) is 64.6. The quantitative estimate of drug-likeness (QED) is 0.184. The Balaban J connectivity index is 1.12. The van der Waals surface area contributed by atoms with Gasteiger partial charge in [-0.1, -0.05) is 12.1 Å². The van der Waals surface area contributed by atoms with Gasteiger partial charge >= 0.3 is 18.2 Å². The van der Waals surface area contributed by atoms with Crippen LogP contribution in [-0.2, 0) is 4.74 Å². The zero-order valence-corrected chi connectivity index (χ0v) is 32.8. The highest BCUT2D eigenvalue weighted by atomic mass is 19.1. The summed E-state index contributed by atoms with van der Waals surface area (Å²) >= 11 is 0. The molecule has 3 heterocycles. The Kier molecular flexibility index (Phi) is 11.2. The summed E-state index contributed by atoms with van der Waals surface area (Å²) in [6.07, 6.45) is 4.49. The Morgan fingerprint density at radius 1 is 0.879 bits per heavy atom. The lowest BCUT2D eigenvalue weighted by Crippen LogP contribution is -2.58. The SMILES string of the molecule is COC(=O)NC1CCN(C(=O)N2CCN(n3c(C(C)N(C(=O)Nc4ccc(F)cc4)c4ccc(OCC5CC5)cc4OCC4CC4)nc4ccccc4c3=O)CC2)C1. The second-order valence-corrected chi connectivity index (χ2v) is 15.5. The maximum absolute atomic E-state index is 14.6. The molecule has 3 aromatic carbocycles. The number of alkyl carbamates (subject to hydrolysis) is 1. The first-order chi connectivity index (χ1) is 28.1. The van der Waals surface area contributed by atoms with Gasteiger partial charge in [-0.2, -0.15) is 0 Å². The molecule has 2 unspecified atom stereocenters. The molecule has 1 aromatic heterocycles. The molecule has 5 amide bonds. The molecule has 2 aliphatic carbocycles. The minimum atomic E-state index is -0.859. The Labute approximate surface area is 335 Å². The summed E-state index contributed by atoms with van der Waals surface area (Å²) in [5.41, 5.74) is 0.984. The van der Waals surface area contributed by atoms with Gasteiger partial charge in [-0.05, 0) is 99.4 Å². The summed E-state index contributed by atoms with van der Waals surface area (Å²) in [6, 6.07) is 16.3. The first kappa shape index (κ1) is 38.8. The Bertz CT molecular complexity index is 2200. The van der Waals surface area contributed by atoms with E-state index in [4.69, 9.17) is 19.2 Å². The average Bonchev–Trinajstić information content (AvgIpc) is 4.19. The molecule has 306 valence electrons. The highest BCUT2D eigenvalue weighted by Crippen LogP contribution is 2.40. The first-order valence-electron chi connectivity index (χ1n) is 20.1. The van der Waals surface area contributed by atoms with Crippen molar-refractivity contribution < 1.29 is 33.0 Å². The fourth-order valence-corrected chi connectivity index (χ4v) is 7.47. The number of carbonyl (C=O) groups is 3. The Morgan fingerprint density at radius 3 is 2.29 bits per heavy atom. The molecule has 58 heavy (non-hydrogen) atoms. The number of anilines is 2. The summed E-state index contributed by atoms with van der Waals surface area (Å²) in [5.74, 6) is 1.90. The van der Waals surface area contributed by atoms with Crippen LogP contribution in [0, 0.1) is 17.7 Å². The minimum Gasteiger partial charge on any atom is -0.493 e. The minimum absolute atomic E-state index is 0.140. The summed E-state index contributed by atoms with van der Waals surface area (Å²) in [7, 11) is 1.31. The largest absolute Gasteiger partial charge is 0.493 e. The van der Waals surface area contributed by atoms with E-state index in [9.17, 15) is 23.6 Å². The molecule has 2 aliphatic heterocycles. The van der Waals surface area contributed by atoms with Crippen molar-refractivity contribution in [3.8, 4) is 11.5 Å². The molecule has 4 aliphatic rings. The van der Waals surface area contributed by atoms with Crippen molar-refractivity contribution in [1.29, 1.82) is 0 Å². The van der Waals surface area contributed by atoms with Crippen molar-refractivity contribution in [1.82, 2.24) is 24.8 Å². The van der Waals surface area contributed by atoms with Gasteiger partial charge in [-0.3, -0.25) is 9.69 Å². The number of methoxy groups -OCH3 is 1. The van der Waals surface area contributed by atoms with E-state index in [1.807, 2.05) is 30.1 Å². The molecule has 8 rings (SSSR count). The van der Waals surface area contributed by atoms with E-state index in [1.165, 1.54) is 41.0 Å². The molecule has 16 heteroatoms. The van der Waals surface area contributed by atoms with Crippen LogP contribution < -0.4 is 35.6 Å². The molecule has 15 nitrogen and oxygen atoms in total. The number of nitrogens with one attached hydrogen (secondary N) is 2. The number of hydrogen-bond acceptors (Lipinski definition) is 9. The molecule has 4 aromatic rings. The molecule has 2 atom stereocenters. The topological polar surface area (TPSA) is 151 Å². The molecule has 2 saturated carbocycles. The van der Waals surface area contributed by atoms with Gasteiger partial charge in [-0.15, -0.1) is 0 Å². The van der Waals surface area contributed by atoms with Crippen LogP contribution in [-0.4, -0.2) is 103 Å². The van der Waals surface area contributed by atoms with Crippen LogP contribution in [0.15, 0.2) is 71.5 Å². The maximum Gasteiger partial charge on any atom is 0.407 e. The van der Waals surface area contributed by atoms with Gasteiger partial charge in [0.15, 0.2) is 5.82 Å². The van der Waals surface area contributed by atoms with Crippen molar-refractivity contribution >= 4 is 40.4 Å². The number of piperazine rings is 1. The predicted molar refractivity (Wildman–Crippen MR) is 216 cm³/mol. The number of halogens is 1. The monoisotopic (exact) mass is 796 g/mol. The summed E-state index contributed by atoms with van der Waals surface area (Å²) in [5, 5.41) is 7.98. The fourth-order valence-electron chi connectivity index (χ4n) is 7.47. The lowest BCUT2D eigenvalue weighted by Gasteiger charge is -2.40. The molecular formula is C42H49FN8O7. The summed E-state index contributed by atoms with van der Waals surface area (Å²) < 4.78 is 32.8. The van der Waals surface area contributed by atoms with Crippen LogP contribution in [0.5, 0.6) is 11.5 Å². The number of aromatic nitrogens is 2. The van der Waals surface area contributed by atoms with Crippen molar-refractivity contribution in [2.45, 2.75) is 51.1 Å². The van der Waals surface area contributed by atoms with Gasteiger partial charge in [0, 0.05) is 37.9 Å². The lowest BCUT2D eigenvalue weighted by molar-refractivity contribution is 0.152. The molecule has 4 fully saturated rings. The van der Waals surface area contributed by atoms with Crippen molar-refractivity contribution in [3.63, 3.8) is 0 Å². The third-order valence-electron chi connectivity index (χ3n) is 11.2. The zero-order valence-electron chi connectivity index (χ0n) is 32.8. The van der Waals surface area contributed by atoms with Gasteiger partial charge in [0.2, 0.25) is 0 Å². The number of fused-ring (bicyclic) bond motifs is 1. The fraction of sp³-hybridized carbons (Fsp3) is 0.452. The van der Waals surface area contributed by atoms with Gasteiger partial charge in [0.05, 0.1) is 62.1 Å². The lowest BCUT2D eigenvalue weighted by atomic mass is 10.1. The normalized spacial score (nSPS) is 18.5. The number of likely N-dealkylation sites (tertiary alicyclic amines) is 1. The number of amides is 5. The highest BCUT2D eigenvalue weighted by molar-refractivity contribution is 6.03. The first-order valence-corrected chi connectivity index (χ1v) is 20.1. The number of rotatable bonds is 12. The highest BCUT2D eigenvalue weighted by Gasteiger charge is 2.36. The average molecular weight is 797 g/mol. The number of hydrogen-bond donors (Lipinski definition) is 2.